The summed E-state index contributed by atoms with van der Waals surface area (Å²) in [6, 6.07) is 0.589. The topological polar surface area (TPSA) is 29.9 Å². The van der Waals surface area contributed by atoms with Gasteiger partial charge in [0.1, 0.15) is 0 Å². The van der Waals surface area contributed by atoms with Crippen LogP contribution in [-0.2, 0) is 6.42 Å². The summed E-state index contributed by atoms with van der Waals surface area (Å²) in [5.41, 5.74) is 1.60. The summed E-state index contributed by atoms with van der Waals surface area (Å²) in [5.74, 6) is 0.875. The van der Waals surface area contributed by atoms with Crippen molar-refractivity contribution in [2.45, 2.75) is 65.0 Å². The average molecular weight is 249 g/mol. The minimum atomic E-state index is 0.227. The first-order valence-corrected chi connectivity index (χ1v) is 7.24. The van der Waals surface area contributed by atoms with E-state index in [4.69, 9.17) is 0 Å². The summed E-state index contributed by atoms with van der Waals surface area (Å²) in [6.07, 6.45) is 9.34. The molecule has 0 bridgehead atoms. The summed E-state index contributed by atoms with van der Waals surface area (Å²) >= 11 is 0. The van der Waals surface area contributed by atoms with Gasteiger partial charge in [-0.15, -0.1) is 0 Å². The number of nitrogens with one attached hydrogen (secondary N) is 1. The SMILES string of the molecule is CC(C1CC1)n1cc(CCCNC(C)(C)C)cn1. The Kier molecular flexibility index (Phi) is 4.10. The molecule has 1 unspecified atom stereocenters. The quantitative estimate of drug-likeness (QED) is 0.785. The van der Waals surface area contributed by atoms with E-state index in [1.165, 1.54) is 24.8 Å². The maximum absolute atomic E-state index is 4.50. The van der Waals surface area contributed by atoms with Crippen molar-refractivity contribution in [2.75, 3.05) is 6.54 Å². The minimum Gasteiger partial charge on any atom is -0.312 e. The maximum Gasteiger partial charge on any atom is 0.0521 e. The molecule has 0 spiro atoms. The van der Waals surface area contributed by atoms with E-state index in [0.717, 1.165) is 18.9 Å². The Morgan fingerprint density at radius 1 is 1.44 bits per heavy atom. The van der Waals surface area contributed by atoms with E-state index in [0.29, 0.717) is 6.04 Å². The third-order valence-electron chi connectivity index (χ3n) is 3.67. The fourth-order valence-electron chi connectivity index (χ4n) is 2.28. The fourth-order valence-corrected chi connectivity index (χ4v) is 2.28. The van der Waals surface area contributed by atoms with Crippen LogP contribution in [0.5, 0.6) is 0 Å². The number of aromatic nitrogens is 2. The lowest BCUT2D eigenvalue weighted by molar-refractivity contribution is 0.422. The van der Waals surface area contributed by atoms with Crippen LogP contribution in [0.3, 0.4) is 0 Å². The first-order valence-electron chi connectivity index (χ1n) is 7.24. The lowest BCUT2D eigenvalue weighted by atomic mass is 10.1. The summed E-state index contributed by atoms with van der Waals surface area (Å²) in [5, 5.41) is 8.02. The average Bonchev–Trinajstić information content (AvgIpc) is 3.02. The largest absolute Gasteiger partial charge is 0.312 e. The van der Waals surface area contributed by atoms with Crippen LogP contribution in [0.4, 0.5) is 0 Å². The van der Waals surface area contributed by atoms with Crippen molar-refractivity contribution in [1.82, 2.24) is 15.1 Å². The van der Waals surface area contributed by atoms with E-state index >= 15 is 0 Å². The van der Waals surface area contributed by atoms with Crippen molar-refractivity contribution in [1.29, 1.82) is 0 Å². The molecule has 2 rings (SSSR count). The molecular formula is C15H27N3. The van der Waals surface area contributed by atoms with E-state index in [1.807, 2.05) is 6.20 Å². The van der Waals surface area contributed by atoms with Crippen LogP contribution in [0, 0.1) is 5.92 Å². The molecule has 0 saturated heterocycles. The second-order valence-electron chi connectivity index (χ2n) is 6.69. The van der Waals surface area contributed by atoms with Crippen LogP contribution in [0.2, 0.25) is 0 Å². The Bertz CT molecular complexity index is 371. The highest BCUT2D eigenvalue weighted by atomic mass is 15.3. The number of rotatable bonds is 6. The Hall–Kier alpha value is -0.830. The smallest absolute Gasteiger partial charge is 0.0521 e. The molecule has 3 nitrogen and oxygen atoms in total. The zero-order chi connectivity index (χ0) is 13.2. The zero-order valence-corrected chi connectivity index (χ0v) is 12.2. The first kappa shape index (κ1) is 13.6. The molecule has 0 aliphatic heterocycles. The lowest BCUT2D eigenvalue weighted by Crippen LogP contribution is -2.36. The van der Waals surface area contributed by atoms with Crippen molar-refractivity contribution in [3.05, 3.63) is 18.0 Å². The van der Waals surface area contributed by atoms with Gasteiger partial charge in [0.2, 0.25) is 0 Å². The minimum absolute atomic E-state index is 0.227. The molecule has 1 atom stereocenters. The van der Waals surface area contributed by atoms with Gasteiger partial charge in [0.05, 0.1) is 12.2 Å². The highest BCUT2D eigenvalue weighted by molar-refractivity contribution is 5.05. The van der Waals surface area contributed by atoms with E-state index in [9.17, 15) is 0 Å². The molecular weight excluding hydrogens is 222 g/mol. The van der Waals surface area contributed by atoms with E-state index in [-0.39, 0.29) is 5.54 Å². The second-order valence-corrected chi connectivity index (χ2v) is 6.69. The van der Waals surface area contributed by atoms with Gasteiger partial charge in [-0.3, -0.25) is 4.68 Å². The Balaban J connectivity index is 1.73. The van der Waals surface area contributed by atoms with E-state index in [1.54, 1.807) is 0 Å². The number of hydrogen-bond acceptors (Lipinski definition) is 2. The molecule has 18 heavy (non-hydrogen) atoms. The van der Waals surface area contributed by atoms with E-state index < -0.39 is 0 Å². The predicted octanol–water partition coefficient (Wildman–Crippen LogP) is 3.17. The summed E-state index contributed by atoms with van der Waals surface area (Å²) in [7, 11) is 0. The van der Waals surface area contributed by atoms with Crippen LogP contribution in [-0.4, -0.2) is 21.9 Å². The Morgan fingerprint density at radius 3 is 2.78 bits per heavy atom. The fraction of sp³-hybridized carbons (Fsp3) is 0.800. The monoisotopic (exact) mass is 249 g/mol. The van der Waals surface area contributed by atoms with Crippen molar-refractivity contribution in [2.24, 2.45) is 5.92 Å². The van der Waals surface area contributed by atoms with Crippen LogP contribution in [0.25, 0.3) is 0 Å². The molecule has 1 heterocycles. The molecule has 1 aliphatic carbocycles. The van der Waals surface area contributed by atoms with Gasteiger partial charge in [-0.25, -0.2) is 0 Å². The third-order valence-corrected chi connectivity index (χ3v) is 3.67. The molecule has 1 fully saturated rings. The van der Waals surface area contributed by atoms with E-state index in [2.05, 4.69) is 49.0 Å². The summed E-state index contributed by atoms with van der Waals surface area (Å²) < 4.78 is 2.16. The highest BCUT2D eigenvalue weighted by Gasteiger charge is 2.29. The van der Waals surface area contributed by atoms with Crippen molar-refractivity contribution in [3.63, 3.8) is 0 Å². The van der Waals surface area contributed by atoms with Crippen molar-refractivity contribution >= 4 is 0 Å². The molecule has 1 aromatic heterocycles. The van der Waals surface area contributed by atoms with Gasteiger partial charge in [0, 0.05) is 11.7 Å². The zero-order valence-electron chi connectivity index (χ0n) is 12.2. The highest BCUT2D eigenvalue weighted by Crippen LogP contribution is 2.39. The lowest BCUT2D eigenvalue weighted by Gasteiger charge is -2.20. The van der Waals surface area contributed by atoms with Crippen molar-refractivity contribution < 1.29 is 0 Å². The number of hydrogen-bond donors (Lipinski definition) is 1. The molecule has 1 saturated carbocycles. The van der Waals surface area contributed by atoms with Crippen LogP contribution < -0.4 is 5.32 Å². The molecule has 1 aliphatic rings. The van der Waals surface area contributed by atoms with Crippen LogP contribution in [0.15, 0.2) is 12.4 Å². The molecule has 1 aromatic rings. The molecule has 102 valence electrons. The van der Waals surface area contributed by atoms with Gasteiger partial charge >= 0.3 is 0 Å². The maximum atomic E-state index is 4.50. The van der Waals surface area contributed by atoms with Crippen LogP contribution in [0.1, 0.15) is 58.6 Å². The third kappa shape index (κ3) is 4.13. The normalized spacial score (nSPS) is 18.0. The predicted molar refractivity (Wildman–Crippen MR) is 75.7 cm³/mol. The molecule has 1 N–H and O–H groups in total. The Morgan fingerprint density at radius 2 is 2.17 bits per heavy atom. The standard InChI is InChI=1S/C15H27N3/c1-12(14-7-8-14)18-11-13(10-17-18)6-5-9-16-15(2,3)4/h10-12,14,16H,5-9H2,1-4H3. The van der Waals surface area contributed by atoms with Crippen LogP contribution >= 0.6 is 0 Å². The number of aryl methyl sites for hydroxylation is 1. The van der Waals surface area contributed by atoms with Gasteiger partial charge in [-0.05, 0) is 71.4 Å². The molecule has 0 amide bonds. The van der Waals surface area contributed by atoms with Gasteiger partial charge in [-0.1, -0.05) is 0 Å². The summed E-state index contributed by atoms with van der Waals surface area (Å²) in [4.78, 5) is 0. The van der Waals surface area contributed by atoms with Gasteiger partial charge < -0.3 is 5.32 Å². The van der Waals surface area contributed by atoms with Gasteiger partial charge in [-0.2, -0.15) is 5.10 Å². The molecule has 0 aromatic carbocycles. The van der Waals surface area contributed by atoms with Crippen molar-refractivity contribution in [3.8, 4) is 0 Å². The van der Waals surface area contributed by atoms with Gasteiger partial charge in [0.15, 0.2) is 0 Å². The first-order chi connectivity index (χ1) is 8.46. The Labute approximate surface area is 111 Å². The number of nitrogens with zero attached hydrogens (tertiary/aromatic N) is 2. The molecule has 0 radical (unpaired) electrons. The second kappa shape index (κ2) is 5.43. The van der Waals surface area contributed by atoms with Gasteiger partial charge in [0.25, 0.3) is 0 Å². The molecule has 3 heteroatoms. The summed E-state index contributed by atoms with van der Waals surface area (Å²) in [6.45, 7) is 10.00.